The lowest BCUT2D eigenvalue weighted by molar-refractivity contribution is -0.135. The number of benzene rings is 1. The van der Waals surface area contributed by atoms with Crippen molar-refractivity contribution in [2.24, 2.45) is 11.8 Å². The zero-order valence-corrected chi connectivity index (χ0v) is 11.6. The number of nitrogens with zero attached hydrogens (tertiary/aromatic N) is 1. The summed E-state index contributed by atoms with van der Waals surface area (Å²) in [4.78, 5) is 14.1. The average Bonchev–Trinajstić information content (AvgIpc) is 2.74. The standard InChI is InChI=1S/C14H19ClN2O/c1-10-7-16-8-13(10)14(18)17(2)9-11-4-3-5-12(15)6-11/h3-6,10,13,16H,7-9H2,1-2H3. The van der Waals surface area contributed by atoms with Gasteiger partial charge in [-0.05, 0) is 30.2 Å². The van der Waals surface area contributed by atoms with Crippen LogP contribution in [0.4, 0.5) is 0 Å². The molecule has 2 rings (SSSR count). The van der Waals surface area contributed by atoms with Crippen LogP contribution in [0.1, 0.15) is 12.5 Å². The number of hydrogen-bond donors (Lipinski definition) is 1. The van der Waals surface area contributed by atoms with E-state index in [4.69, 9.17) is 11.6 Å². The maximum Gasteiger partial charge on any atom is 0.227 e. The third-order valence-corrected chi connectivity index (χ3v) is 3.75. The Morgan fingerprint density at radius 3 is 2.89 bits per heavy atom. The van der Waals surface area contributed by atoms with Crippen molar-refractivity contribution in [1.82, 2.24) is 10.2 Å². The SMILES string of the molecule is CC1CNCC1C(=O)N(C)Cc1cccc(Cl)c1. The molecule has 1 saturated heterocycles. The van der Waals surface area contributed by atoms with E-state index in [0.717, 1.165) is 18.7 Å². The van der Waals surface area contributed by atoms with Crippen LogP contribution in [-0.4, -0.2) is 30.9 Å². The van der Waals surface area contributed by atoms with Gasteiger partial charge in [0.1, 0.15) is 0 Å². The third-order valence-electron chi connectivity index (χ3n) is 3.52. The van der Waals surface area contributed by atoms with Gasteiger partial charge in [-0.3, -0.25) is 4.79 Å². The molecule has 1 aromatic rings. The van der Waals surface area contributed by atoms with Crippen LogP contribution in [-0.2, 0) is 11.3 Å². The highest BCUT2D eigenvalue weighted by Gasteiger charge is 2.31. The molecule has 0 bridgehead atoms. The van der Waals surface area contributed by atoms with Gasteiger partial charge in [0.25, 0.3) is 0 Å². The summed E-state index contributed by atoms with van der Waals surface area (Å²) in [6.45, 7) is 4.46. The minimum atomic E-state index is 0.106. The van der Waals surface area contributed by atoms with Crippen molar-refractivity contribution < 1.29 is 4.79 Å². The first-order valence-electron chi connectivity index (χ1n) is 6.28. The topological polar surface area (TPSA) is 32.3 Å². The molecule has 0 spiro atoms. The van der Waals surface area contributed by atoms with E-state index in [1.54, 1.807) is 4.90 Å². The maximum absolute atomic E-state index is 12.3. The summed E-state index contributed by atoms with van der Waals surface area (Å²) in [5, 5.41) is 3.97. The first kappa shape index (κ1) is 13.4. The zero-order valence-electron chi connectivity index (χ0n) is 10.8. The summed E-state index contributed by atoms with van der Waals surface area (Å²) >= 11 is 5.94. The van der Waals surface area contributed by atoms with Crippen LogP contribution in [0, 0.1) is 11.8 Å². The highest BCUT2D eigenvalue weighted by Crippen LogP contribution is 2.19. The van der Waals surface area contributed by atoms with Gasteiger partial charge in [-0.15, -0.1) is 0 Å². The second kappa shape index (κ2) is 5.72. The Kier molecular flexibility index (Phi) is 4.25. The summed E-state index contributed by atoms with van der Waals surface area (Å²) in [6, 6.07) is 7.65. The van der Waals surface area contributed by atoms with Crippen LogP contribution >= 0.6 is 11.6 Å². The van der Waals surface area contributed by atoms with E-state index in [-0.39, 0.29) is 11.8 Å². The molecule has 1 fully saturated rings. The van der Waals surface area contributed by atoms with E-state index in [1.807, 2.05) is 31.3 Å². The highest BCUT2D eigenvalue weighted by atomic mass is 35.5. The van der Waals surface area contributed by atoms with Crippen LogP contribution < -0.4 is 5.32 Å². The van der Waals surface area contributed by atoms with Crippen LogP contribution in [0.15, 0.2) is 24.3 Å². The van der Waals surface area contributed by atoms with Crippen LogP contribution in [0.5, 0.6) is 0 Å². The van der Waals surface area contributed by atoms with E-state index < -0.39 is 0 Å². The van der Waals surface area contributed by atoms with Crippen molar-refractivity contribution in [3.8, 4) is 0 Å². The Labute approximate surface area is 113 Å². The van der Waals surface area contributed by atoms with Crippen molar-refractivity contribution in [3.05, 3.63) is 34.9 Å². The number of halogens is 1. The molecular formula is C14H19ClN2O. The number of amides is 1. The van der Waals surface area contributed by atoms with Gasteiger partial charge in [0, 0.05) is 25.2 Å². The largest absolute Gasteiger partial charge is 0.341 e. The highest BCUT2D eigenvalue weighted by molar-refractivity contribution is 6.30. The molecule has 1 aliphatic rings. The Bertz CT molecular complexity index is 436. The van der Waals surface area contributed by atoms with Gasteiger partial charge >= 0.3 is 0 Å². The average molecular weight is 267 g/mol. The molecule has 98 valence electrons. The van der Waals surface area contributed by atoms with Crippen molar-refractivity contribution >= 4 is 17.5 Å². The van der Waals surface area contributed by atoms with E-state index in [9.17, 15) is 4.79 Å². The Morgan fingerprint density at radius 2 is 2.28 bits per heavy atom. The molecule has 0 aromatic heterocycles. The second-order valence-electron chi connectivity index (χ2n) is 5.07. The molecule has 1 heterocycles. The fraction of sp³-hybridized carbons (Fsp3) is 0.500. The van der Waals surface area contributed by atoms with Crippen molar-refractivity contribution in [2.75, 3.05) is 20.1 Å². The smallest absolute Gasteiger partial charge is 0.227 e. The van der Waals surface area contributed by atoms with Crippen molar-refractivity contribution in [2.45, 2.75) is 13.5 Å². The molecule has 0 aliphatic carbocycles. The van der Waals surface area contributed by atoms with Gasteiger partial charge < -0.3 is 10.2 Å². The quantitative estimate of drug-likeness (QED) is 0.909. The summed E-state index contributed by atoms with van der Waals surface area (Å²) < 4.78 is 0. The molecule has 1 N–H and O–H groups in total. The van der Waals surface area contributed by atoms with E-state index in [0.29, 0.717) is 17.5 Å². The van der Waals surface area contributed by atoms with E-state index in [1.165, 1.54) is 0 Å². The van der Waals surface area contributed by atoms with Crippen molar-refractivity contribution in [1.29, 1.82) is 0 Å². The first-order chi connectivity index (χ1) is 8.58. The fourth-order valence-electron chi connectivity index (χ4n) is 2.41. The van der Waals surface area contributed by atoms with E-state index >= 15 is 0 Å². The van der Waals surface area contributed by atoms with Crippen LogP contribution in [0.3, 0.4) is 0 Å². The molecule has 1 amide bonds. The maximum atomic E-state index is 12.3. The van der Waals surface area contributed by atoms with Gasteiger partial charge in [-0.1, -0.05) is 30.7 Å². The molecule has 2 atom stereocenters. The molecule has 4 heteroatoms. The molecular weight excluding hydrogens is 248 g/mol. The first-order valence-corrected chi connectivity index (χ1v) is 6.66. The molecule has 1 aromatic carbocycles. The summed E-state index contributed by atoms with van der Waals surface area (Å²) in [5.41, 5.74) is 1.07. The van der Waals surface area contributed by atoms with Gasteiger partial charge in [0.05, 0.1) is 5.92 Å². The number of nitrogens with one attached hydrogen (secondary N) is 1. The third kappa shape index (κ3) is 3.03. The minimum absolute atomic E-state index is 0.106. The Hall–Kier alpha value is -1.06. The van der Waals surface area contributed by atoms with Crippen LogP contribution in [0.2, 0.25) is 5.02 Å². The Balaban J connectivity index is 1.99. The zero-order chi connectivity index (χ0) is 13.1. The lowest BCUT2D eigenvalue weighted by atomic mass is 9.96. The summed E-state index contributed by atoms with van der Waals surface area (Å²) in [5.74, 6) is 0.737. The molecule has 0 radical (unpaired) electrons. The van der Waals surface area contributed by atoms with E-state index in [2.05, 4.69) is 12.2 Å². The summed E-state index contributed by atoms with van der Waals surface area (Å²) in [7, 11) is 1.86. The lowest BCUT2D eigenvalue weighted by Crippen LogP contribution is -2.35. The number of carbonyl (C=O) groups is 1. The van der Waals surface area contributed by atoms with Gasteiger partial charge in [0.15, 0.2) is 0 Å². The molecule has 18 heavy (non-hydrogen) atoms. The lowest BCUT2D eigenvalue weighted by Gasteiger charge is -2.23. The molecule has 0 saturated carbocycles. The minimum Gasteiger partial charge on any atom is -0.341 e. The number of hydrogen-bond acceptors (Lipinski definition) is 2. The summed E-state index contributed by atoms with van der Waals surface area (Å²) in [6.07, 6.45) is 0. The van der Waals surface area contributed by atoms with Crippen LogP contribution in [0.25, 0.3) is 0 Å². The monoisotopic (exact) mass is 266 g/mol. The van der Waals surface area contributed by atoms with Crippen molar-refractivity contribution in [3.63, 3.8) is 0 Å². The normalized spacial score (nSPS) is 23.1. The Morgan fingerprint density at radius 1 is 1.50 bits per heavy atom. The molecule has 1 aliphatic heterocycles. The van der Waals surface area contributed by atoms with Gasteiger partial charge in [-0.2, -0.15) is 0 Å². The predicted octanol–water partition coefficient (Wildman–Crippen LogP) is 2.15. The molecule has 3 nitrogen and oxygen atoms in total. The number of carbonyl (C=O) groups excluding carboxylic acids is 1. The molecule has 2 unspecified atom stereocenters. The van der Waals surface area contributed by atoms with Gasteiger partial charge in [0.2, 0.25) is 5.91 Å². The number of rotatable bonds is 3. The fourth-order valence-corrected chi connectivity index (χ4v) is 2.62. The predicted molar refractivity (Wildman–Crippen MR) is 73.4 cm³/mol. The second-order valence-corrected chi connectivity index (χ2v) is 5.50. The van der Waals surface area contributed by atoms with Gasteiger partial charge in [-0.25, -0.2) is 0 Å².